The molecule has 0 saturated heterocycles. The van der Waals surface area contributed by atoms with Gasteiger partial charge in [0.1, 0.15) is 6.67 Å². The number of hydrogen-bond donors (Lipinski definition) is 0. The van der Waals surface area contributed by atoms with Crippen molar-refractivity contribution in [1.29, 1.82) is 0 Å². The first-order chi connectivity index (χ1) is 5.34. The average Bonchev–Trinajstić information content (AvgIpc) is 2.01. The number of halogens is 7. The Morgan fingerprint density at radius 3 is 1.83 bits per heavy atom. The van der Waals surface area contributed by atoms with E-state index in [1.807, 2.05) is 0 Å². The molecular formula is C5H4F7. The summed E-state index contributed by atoms with van der Waals surface area (Å²) in [5.74, 6) is -5.01. The van der Waals surface area contributed by atoms with Gasteiger partial charge in [0.2, 0.25) is 6.17 Å². The van der Waals surface area contributed by atoms with Gasteiger partial charge in [-0.3, -0.25) is 0 Å². The maximum Gasteiger partial charge on any atom is 0.349 e. The lowest BCUT2D eigenvalue weighted by Crippen LogP contribution is -2.42. The lowest BCUT2D eigenvalue weighted by Gasteiger charge is -2.20. The van der Waals surface area contributed by atoms with E-state index in [1.54, 1.807) is 0 Å². The average molecular weight is 197 g/mol. The van der Waals surface area contributed by atoms with Crippen molar-refractivity contribution < 1.29 is 30.7 Å². The van der Waals surface area contributed by atoms with E-state index in [-0.39, 0.29) is 0 Å². The largest absolute Gasteiger partial charge is 0.349 e. The van der Waals surface area contributed by atoms with Gasteiger partial charge in [-0.1, -0.05) is 0 Å². The standard InChI is InChI=1S/C5H4F7/c6-1-2(7)5(11,12)3(8)4(9)10/h2-3H,1H2. The van der Waals surface area contributed by atoms with Crippen molar-refractivity contribution in [2.24, 2.45) is 0 Å². The third-order valence-corrected chi connectivity index (χ3v) is 1.08. The summed E-state index contributed by atoms with van der Waals surface area (Å²) in [7, 11) is 0. The maximum atomic E-state index is 12.0. The summed E-state index contributed by atoms with van der Waals surface area (Å²) in [6.07, 6.45) is -10.9. The van der Waals surface area contributed by atoms with Gasteiger partial charge in [0.25, 0.3) is 0 Å². The topological polar surface area (TPSA) is 0 Å². The predicted octanol–water partition coefficient (Wildman–Crippen LogP) is 2.70. The number of rotatable bonds is 4. The minimum atomic E-state index is -5.01. The third-order valence-electron chi connectivity index (χ3n) is 1.08. The van der Waals surface area contributed by atoms with Gasteiger partial charge in [-0.2, -0.15) is 17.6 Å². The van der Waals surface area contributed by atoms with E-state index >= 15 is 0 Å². The van der Waals surface area contributed by atoms with Crippen LogP contribution in [0.15, 0.2) is 0 Å². The molecule has 0 aliphatic heterocycles. The highest BCUT2D eigenvalue weighted by Crippen LogP contribution is 2.34. The Balaban J connectivity index is 4.37. The molecule has 0 aliphatic rings. The second-order valence-corrected chi connectivity index (χ2v) is 1.95. The Labute approximate surface area is 63.4 Å². The Morgan fingerprint density at radius 1 is 1.17 bits per heavy atom. The molecule has 2 unspecified atom stereocenters. The first-order valence-electron chi connectivity index (χ1n) is 2.73. The van der Waals surface area contributed by atoms with Crippen LogP contribution >= 0.6 is 0 Å². The zero-order valence-electron chi connectivity index (χ0n) is 5.51. The van der Waals surface area contributed by atoms with Crippen molar-refractivity contribution in [2.75, 3.05) is 6.67 Å². The van der Waals surface area contributed by atoms with Gasteiger partial charge in [0.05, 0.1) is 0 Å². The van der Waals surface area contributed by atoms with Crippen LogP contribution in [0, 0.1) is 6.43 Å². The molecule has 73 valence electrons. The SMILES string of the molecule is FCC(F)C(F)(F)C(F)[C](F)F. The van der Waals surface area contributed by atoms with Gasteiger partial charge in [0, 0.05) is 0 Å². The lowest BCUT2D eigenvalue weighted by atomic mass is 10.1. The summed E-state index contributed by atoms with van der Waals surface area (Å²) in [6, 6.07) is 0. The molecule has 0 saturated carbocycles. The van der Waals surface area contributed by atoms with Crippen LogP contribution in [0.2, 0.25) is 0 Å². The van der Waals surface area contributed by atoms with Crippen molar-refractivity contribution in [3.8, 4) is 0 Å². The van der Waals surface area contributed by atoms with Crippen LogP contribution in [0.4, 0.5) is 30.7 Å². The van der Waals surface area contributed by atoms with Gasteiger partial charge in [-0.05, 0) is 0 Å². The summed E-state index contributed by atoms with van der Waals surface area (Å²) >= 11 is 0. The molecule has 0 amide bonds. The van der Waals surface area contributed by atoms with Gasteiger partial charge >= 0.3 is 12.3 Å². The third kappa shape index (κ3) is 2.25. The van der Waals surface area contributed by atoms with Crippen LogP contribution < -0.4 is 0 Å². The fraction of sp³-hybridized carbons (Fsp3) is 0.800. The molecule has 0 heterocycles. The summed E-state index contributed by atoms with van der Waals surface area (Å²) in [5.41, 5.74) is 0. The van der Waals surface area contributed by atoms with E-state index in [1.165, 1.54) is 0 Å². The summed E-state index contributed by atoms with van der Waals surface area (Å²) < 4.78 is 81.2. The van der Waals surface area contributed by atoms with Crippen LogP contribution in [0.1, 0.15) is 0 Å². The van der Waals surface area contributed by atoms with Crippen molar-refractivity contribution in [2.45, 2.75) is 18.3 Å². The second-order valence-electron chi connectivity index (χ2n) is 1.95. The maximum absolute atomic E-state index is 12.0. The Hall–Kier alpha value is -0.490. The van der Waals surface area contributed by atoms with Crippen LogP contribution in [-0.2, 0) is 0 Å². The van der Waals surface area contributed by atoms with Crippen LogP contribution in [0.3, 0.4) is 0 Å². The van der Waals surface area contributed by atoms with Crippen molar-refractivity contribution in [3.63, 3.8) is 0 Å². The van der Waals surface area contributed by atoms with Gasteiger partial charge in [-0.25, -0.2) is 13.2 Å². The molecule has 0 aromatic rings. The highest BCUT2D eigenvalue weighted by atomic mass is 19.3. The van der Waals surface area contributed by atoms with E-state index in [0.29, 0.717) is 0 Å². The van der Waals surface area contributed by atoms with E-state index in [9.17, 15) is 30.7 Å². The molecular weight excluding hydrogens is 193 g/mol. The fourth-order valence-corrected chi connectivity index (χ4v) is 0.407. The van der Waals surface area contributed by atoms with E-state index in [0.717, 1.165) is 0 Å². The lowest BCUT2D eigenvalue weighted by molar-refractivity contribution is -0.144. The summed E-state index contributed by atoms with van der Waals surface area (Å²) in [5, 5.41) is 0. The zero-order chi connectivity index (χ0) is 9.94. The van der Waals surface area contributed by atoms with Crippen molar-refractivity contribution in [1.82, 2.24) is 0 Å². The van der Waals surface area contributed by atoms with Crippen LogP contribution in [0.5, 0.6) is 0 Å². The van der Waals surface area contributed by atoms with Crippen LogP contribution in [-0.4, -0.2) is 24.9 Å². The number of hydrogen-bond acceptors (Lipinski definition) is 0. The minimum absolute atomic E-state index is 2.21. The van der Waals surface area contributed by atoms with E-state index in [4.69, 9.17) is 0 Å². The normalized spacial score (nSPS) is 18.0. The molecule has 0 aromatic heterocycles. The molecule has 2 atom stereocenters. The Morgan fingerprint density at radius 2 is 1.58 bits per heavy atom. The molecule has 12 heavy (non-hydrogen) atoms. The quantitative estimate of drug-likeness (QED) is 0.608. The molecule has 7 heteroatoms. The Bertz CT molecular complexity index is 134. The van der Waals surface area contributed by atoms with Gasteiger partial charge in [0.15, 0.2) is 6.17 Å². The zero-order valence-corrected chi connectivity index (χ0v) is 5.51. The van der Waals surface area contributed by atoms with E-state index in [2.05, 4.69) is 0 Å². The van der Waals surface area contributed by atoms with Crippen molar-refractivity contribution in [3.05, 3.63) is 6.43 Å². The first-order valence-corrected chi connectivity index (χ1v) is 2.73. The molecule has 0 aromatic carbocycles. The minimum Gasteiger partial charge on any atom is -0.248 e. The smallest absolute Gasteiger partial charge is 0.248 e. The Kier molecular flexibility index (Phi) is 3.79. The van der Waals surface area contributed by atoms with Gasteiger partial charge in [-0.15, -0.1) is 0 Å². The van der Waals surface area contributed by atoms with Crippen molar-refractivity contribution >= 4 is 0 Å². The molecule has 0 fully saturated rings. The summed E-state index contributed by atoms with van der Waals surface area (Å²) in [4.78, 5) is 0. The second kappa shape index (κ2) is 3.95. The number of alkyl halides is 5. The van der Waals surface area contributed by atoms with Gasteiger partial charge < -0.3 is 0 Å². The highest BCUT2D eigenvalue weighted by Gasteiger charge is 2.54. The molecule has 0 spiro atoms. The molecule has 0 rings (SSSR count). The summed E-state index contributed by atoms with van der Waals surface area (Å²) in [6.45, 7) is -2.21. The molecule has 1 radical (unpaired) electrons. The monoisotopic (exact) mass is 197 g/mol. The first kappa shape index (κ1) is 11.5. The fourth-order valence-electron chi connectivity index (χ4n) is 0.407. The molecule has 0 aliphatic carbocycles. The van der Waals surface area contributed by atoms with Crippen LogP contribution in [0.25, 0.3) is 0 Å². The molecule has 0 N–H and O–H groups in total. The highest BCUT2D eigenvalue weighted by molar-refractivity contribution is 4.92. The molecule has 0 nitrogen and oxygen atoms in total. The van der Waals surface area contributed by atoms with E-state index < -0.39 is 31.4 Å². The predicted molar refractivity (Wildman–Crippen MR) is 26.2 cm³/mol. The molecule has 0 bridgehead atoms.